The molecule has 0 spiro atoms. The highest BCUT2D eigenvalue weighted by molar-refractivity contribution is 5.76. The summed E-state index contributed by atoms with van der Waals surface area (Å²) in [6, 6.07) is 2.13. The molecule has 0 saturated carbocycles. The normalized spacial score (nSPS) is 17.1. The molecule has 1 saturated heterocycles. The van der Waals surface area contributed by atoms with E-state index in [0.29, 0.717) is 26.2 Å². The van der Waals surface area contributed by atoms with Gasteiger partial charge in [0.05, 0.1) is 25.6 Å². The summed E-state index contributed by atoms with van der Waals surface area (Å²) in [4.78, 5) is 15.6. The predicted octanol–water partition coefficient (Wildman–Crippen LogP) is 0.0808. The second kappa shape index (κ2) is 7.20. The van der Waals surface area contributed by atoms with Crippen molar-refractivity contribution in [3.8, 4) is 6.07 Å². The van der Waals surface area contributed by atoms with Crippen LogP contribution in [0, 0.1) is 11.3 Å². The molecule has 1 amide bonds. The van der Waals surface area contributed by atoms with Crippen LogP contribution in [0.5, 0.6) is 0 Å². The largest absolute Gasteiger partial charge is 0.381 e. The van der Waals surface area contributed by atoms with Gasteiger partial charge in [-0.1, -0.05) is 0 Å². The van der Waals surface area contributed by atoms with E-state index >= 15 is 0 Å². The van der Waals surface area contributed by atoms with E-state index in [2.05, 4.69) is 11.0 Å². The molecule has 0 aromatic heterocycles. The predicted molar refractivity (Wildman–Crippen MR) is 59.7 cm³/mol. The molecule has 1 rings (SSSR count). The Morgan fingerprint density at radius 3 is 2.62 bits per heavy atom. The van der Waals surface area contributed by atoms with Crippen molar-refractivity contribution in [2.24, 2.45) is 0 Å². The van der Waals surface area contributed by atoms with Crippen LogP contribution in [0.2, 0.25) is 0 Å². The summed E-state index contributed by atoms with van der Waals surface area (Å²) < 4.78 is 5.15. The van der Waals surface area contributed by atoms with Crippen LogP contribution in [-0.4, -0.2) is 61.6 Å². The summed E-state index contributed by atoms with van der Waals surface area (Å²) in [5.41, 5.74) is 0. The van der Waals surface area contributed by atoms with Crippen molar-refractivity contribution in [1.82, 2.24) is 9.80 Å². The van der Waals surface area contributed by atoms with Gasteiger partial charge in [-0.05, 0) is 6.92 Å². The molecule has 1 aliphatic heterocycles. The third-order valence-corrected chi connectivity index (χ3v) is 2.68. The zero-order chi connectivity index (χ0) is 11.8. The number of nitriles is 1. The standard InChI is InChI=1S/C11H19N3O2/c1-2-16-10-3-11(15)14-8-6-13(5-4-12)7-9-14/h2-3,5-10H2,1H3. The number of carbonyl (C=O) groups excluding carboxylic acids is 1. The van der Waals surface area contributed by atoms with Crippen molar-refractivity contribution in [3.63, 3.8) is 0 Å². The molecule has 0 unspecified atom stereocenters. The number of rotatable bonds is 5. The number of amides is 1. The zero-order valence-electron chi connectivity index (χ0n) is 9.81. The molecule has 1 heterocycles. The fourth-order valence-electron chi connectivity index (χ4n) is 1.72. The van der Waals surface area contributed by atoms with E-state index in [9.17, 15) is 4.79 Å². The minimum atomic E-state index is 0.157. The van der Waals surface area contributed by atoms with Gasteiger partial charge >= 0.3 is 0 Å². The first-order chi connectivity index (χ1) is 7.77. The van der Waals surface area contributed by atoms with E-state index in [-0.39, 0.29) is 5.91 Å². The second-order valence-electron chi connectivity index (χ2n) is 3.76. The van der Waals surface area contributed by atoms with Crippen LogP contribution >= 0.6 is 0 Å². The van der Waals surface area contributed by atoms with Crippen LogP contribution in [-0.2, 0) is 9.53 Å². The van der Waals surface area contributed by atoms with Gasteiger partial charge in [-0.15, -0.1) is 0 Å². The first-order valence-electron chi connectivity index (χ1n) is 5.72. The summed E-state index contributed by atoms with van der Waals surface area (Å²) in [5.74, 6) is 0.157. The monoisotopic (exact) mass is 225 g/mol. The topological polar surface area (TPSA) is 56.6 Å². The smallest absolute Gasteiger partial charge is 0.224 e. The van der Waals surface area contributed by atoms with Crippen molar-refractivity contribution in [2.75, 3.05) is 45.9 Å². The summed E-state index contributed by atoms with van der Waals surface area (Å²) in [6.07, 6.45) is 0.464. The first kappa shape index (κ1) is 12.9. The van der Waals surface area contributed by atoms with Gasteiger partial charge in [0.1, 0.15) is 0 Å². The maximum Gasteiger partial charge on any atom is 0.224 e. The Hall–Kier alpha value is -1.12. The van der Waals surface area contributed by atoms with Gasteiger partial charge in [-0.2, -0.15) is 5.26 Å². The summed E-state index contributed by atoms with van der Waals surface area (Å²) in [6.45, 7) is 6.60. The molecule has 5 heteroatoms. The minimum Gasteiger partial charge on any atom is -0.381 e. The van der Waals surface area contributed by atoms with E-state index in [1.54, 1.807) is 0 Å². The molecule has 1 aliphatic rings. The molecular weight excluding hydrogens is 206 g/mol. The van der Waals surface area contributed by atoms with Crippen LogP contribution in [0.1, 0.15) is 13.3 Å². The van der Waals surface area contributed by atoms with Gasteiger partial charge in [-0.25, -0.2) is 0 Å². The quantitative estimate of drug-likeness (QED) is 0.491. The lowest BCUT2D eigenvalue weighted by Gasteiger charge is -2.33. The summed E-state index contributed by atoms with van der Waals surface area (Å²) in [5, 5.41) is 8.55. The molecule has 0 radical (unpaired) electrons. The van der Waals surface area contributed by atoms with Gasteiger partial charge in [0.25, 0.3) is 0 Å². The fraction of sp³-hybridized carbons (Fsp3) is 0.818. The molecule has 5 nitrogen and oxygen atoms in total. The minimum absolute atomic E-state index is 0.157. The molecule has 16 heavy (non-hydrogen) atoms. The molecular formula is C11H19N3O2. The van der Waals surface area contributed by atoms with Crippen molar-refractivity contribution >= 4 is 5.91 Å². The van der Waals surface area contributed by atoms with Crippen molar-refractivity contribution in [1.29, 1.82) is 5.26 Å². The number of carbonyl (C=O) groups is 1. The lowest BCUT2D eigenvalue weighted by atomic mass is 10.3. The number of ether oxygens (including phenoxy) is 1. The number of hydrogen-bond acceptors (Lipinski definition) is 4. The Morgan fingerprint density at radius 2 is 2.06 bits per heavy atom. The van der Waals surface area contributed by atoms with Crippen LogP contribution in [0.3, 0.4) is 0 Å². The maximum absolute atomic E-state index is 11.7. The Morgan fingerprint density at radius 1 is 1.38 bits per heavy atom. The molecule has 0 aromatic rings. The van der Waals surface area contributed by atoms with Gasteiger partial charge in [-0.3, -0.25) is 9.69 Å². The van der Waals surface area contributed by atoms with E-state index in [1.165, 1.54) is 0 Å². The molecule has 0 atom stereocenters. The number of hydrogen-bond donors (Lipinski definition) is 0. The second-order valence-corrected chi connectivity index (χ2v) is 3.76. The molecule has 0 bridgehead atoms. The van der Waals surface area contributed by atoms with Crippen molar-refractivity contribution in [3.05, 3.63) is 0 Å². The maximum atomic E-state index is 11.7. The average molecular weight is 225 g/mol. The van der Waals surface area contributed by atoms with Crippen LogP contribution in [0.4, 0.5) is 0 Å². The summed E-state index contributed by atoms with van der Waals surface area (Å²) >= 11 is 0. The Bertz CT molecular complexity index is 254. The van der Waals surface area contributed by atoms with Gasteiger partial charge in [0.2, 0.25) is 5.91 Å². The fourth-order valence-corrected chi connectivity index (χ4v) is 1.72. The Kier molecular flexibility index (Phi) is 5.83. The Balaban J connectivity index is 2.20. The van der Waals surface area contributed by atoms with E-state index in [0.717, 1.165) is 26.2 Å². The van der Waals surface area contributed by atoms with Crippen LogP contribution in [0.15, 0.2) is 0 Å². The highest BCUT2D eigenvalue weighted by Crippen LogP contribution is 2.03. The lowest BCUT2D eigenvalue weighted by Crippen LogP contribution is -2.48. The van der Waals surface area contributed by atoms with Crippen LogP contribution in [0.25, 0.3) is 0 Å². The van der Waals surface area contributed by atoms with E-state index in [4.69, 9.17) is 10.00 Å². The number of nitrogens with zero attached hydrogens (tertiary/aromatic N) is 3. The van der Waals surface area contributed by atoms with Crippen LogP contribution < -0.4 is 0 Å². The molecule has 1 fully saturated rings. The van der Waals surface area contributed by atoms with E-state index in [1.807, 2.05) is 11.8 Å². The third-order valence-electron chi connectivity index (χ3n) is 2.68. The van der Waals surface area contributed by atoms with Gasteiger partial charge in [0.15, 0.2) is 0 Å². The molecule has 90 valence electrons. The van der Waals surface area contributed by atoms with Crippen molar-refractivity contribution < 1.29 is 9.53 Å². The van der Waals surface area contributed by atoms with Gasteiger partial charge < -0.3 is 9.64 Å². The third kappa shape index (κ3) is 4.17. The highest BCUT2D eigenvalue weighted by Gasteiger charge is 2.20. The SMILES string of the molecule is CCOCCC(=O)N1CCN(CC#N)CC1. The average Bonchev–Trinajstić information content (AvgIpc) is 2.30. The van der Waals surface area contributed by atoms with E-state index < -0.39 is 0 Å². The van der Waals surface area contributed by atoms with Gasteiger partial charge in [0, 0.05) is 32.8 Å². The lowest BCUT2D eigenvalue weighted by molar-refractivity contribution is -0.133. The zero-order valence-corrected chi connectivity index (χ0v) is 9.81. The Labute approximate surface area is 96.6 Å². The summed E-state index contributed by atoms with van der Waals surface area (Å²) in [7, 11) is 0. The molecule has 0 N–H and O–H groups in total. The van der Waals surface area contributed by atoms with Crippen molar-refractivity contribution in [2.45, 2.75) is 13.3 Å². The first-order valence-corrected chi connectivity index (χ1v) is 5.72. The highest BCUT2D eigenvalue weighted by atomic mass is 16.5. The molecule has 0 aromatic carbocycles. The molecule has 0 aliphatic carbocycles. The number of piperazine rings is 1.